The number of nitrogens with zero attached hydrogens (tertiary/aromatic N) is 1. The van der Waals surface area contributed by atoms with Crippen molar-refractivity contribution in [3.8, 4) is 6.07 Å². The van der Waals surface area contributed by atoms with Crippen LogP contribution in [0.1, 0.15) is 27.8 Å². The summed E-state index contributed by atoms with van der Waals surface area (Å²) in [4.78, 5) is 0. The van der Waals surface area contributed by atoms with E-state index in [2.05, 4.69) is 23.5 Å². The number of nitrogens with one attached hydrogen (secondary N) is 1. The zero-order valence-corrected chi connectivity index (χ0v) is 12.5. The lowest BCUT2D eigenvalue weighted by molar-refractivity contribution is 0.184. The lowest BCUT2D eigenvalue weighted by Crippen LogP contribution is -2.15. The largest absolute Gasteiger partial charge is 0.380 e. The van der Waals surface area contributed by atoms with Crippen molar-refractivity contribution >= 4 is 0 Å². The van der Waals surface area contributed by atoms with Crippen LogP contribution < -0.4 is 5.32 Å². The number of hydrogen-bond acceptors (Lipinski definition) is 3. The highest BCUT2D eigenvalue weighted by atomic mass is 16.5. The van der Waals surface area contributed by atoms with Gasteiger partial charge in [-0.3, -0.25) is 0 Å². The summed E-state index contributed by atoms with van der Waals surface area (Å²) in [6.07, 6.45) is 0. The molecule has 0 aliphatic carbocycles. The van der Waals surface area contributed by atoms with Crippen LogP contribution in [-0.2, 0) is 24.4 Å². The van der Waals surface area contributed by atoms with Gasteiger partial charge in [-0.25, -0.2) is 0 Å². The predicted octanol–water partition coefficient (Wildman–Crippen LogP) is 3.30. The van der Waals surface area contributed by atoms with Gasteiger partial charge in [0, 0.05) is 20.2 Å². The van der Waals surface area contributed by atoms with Crippen molar-refractivity contribution < 1.29 is 4.74 Å². The number of benzene rings is 2. The van der Waals surface area contributed by atoms with Crippen molar-refractivity contribution in [3.05, 3.63) is 70.3 Å². The summed E-state index contributed by atoms with van der Waals surface area (Å²) in [6.45, 7) is 4.27. The molecule has 0 saturated carbocycles. The Labute approximate surface area is 126 Å². The Morgan fingerprint density at radius 2 is 1.76 bits per heavy atom. The summed E-state index contributed by atoms with van der Waals surface area (Å²) in [5.74, 6) is 0. The van der Waals surface area contributed by atoms with Crippen molar-refractivity contribution in [1.29, 1.82) is 5.26 Å². The van der Waals surface area contributed by atoms with Crippen molar-refractivity contribution in [2.24, 2.45) is 0 Å². The van der Waals surface area contributed by atoms with Crippen molar-refractivity contribution in [1.82, 2.24) is 5.32 Å². The average Bonchev–Trinajstić information content (AvgIpc) is 2.50. The normalized spacial score (nSPS) is 10.3. The van der Waals surface area contributed by atoms with E-state index in [-0.39, 0.29) is 0 Å². The molecule has 2 rings (SSSR count). The smallest absolute Gasteiger partial charge is 0.0991 e. The molecule has 0 aliphatic heterocycles. The lowest BCUT2D eigenvalue weighted by atomic mass is 10.0. The van der Waals surface area contributed by atoms with Gasteiger partial charge in [-0.1, -0.05) is 30.3 Å². The van der Waals surface area contributed by atoms with Gasteiger partial charge in [-0.05, 0) is 41.3 Å². The second-order valence-corrected chi connectivity index (χ2v) is 5.06. The number of methoxy groups -OCH3 is 1. The first kappa shape index (κ1) is 15.2. The van der Waals surface area contributed by atoms with Gasteiger partial charge in [0.25, 0.3) is 0 Å². The second kappa shape index (κ2) is 7.58. The molecule has 1 N–H and O–H groups in total. The first-order chi connectivity index (χ1) is 10.2. The topological polar surface area (TPSA) is 45.0 Å². The fourth-order valence-electron chi connectivity index (χ4n) is 2.32. The van der Waals surface area contributed by atoms with Gasteiger partial charge >= 0.3 is 0 Å². The number of rotatable bonds is 6. The summed E-state index contributed by atoms with van der Waals surface area (Å²) in [5.41, 5.74) is 5.54. The van der Waals surface area contributed by atoms with Crippen LogP contribution in [0.5, 0.6) is 0 Å². The summed E-state index contributed by atoms with van der Waals surface area (Å²) >= 11 is 0. The fraction of sp³-hybridized carbons (Fsp3) is 0.278. The SMILES string of the molecule is COCc1ccccc1CNCc1ccc(C#N)cc1C. The maximum Gasteiger partial charge on any atom is 0.0991 e. The maximum atomic E-state index is 8.88. The highest BCUT2D eigenvalue weighted by molar-refractivity contribution is 5.37. The van der Waals surface area contributed by atoms with E-state index in [1.54, 1.807) is 7.11 Å². The number of ether oxygens (including phenoxy) is 1. The highest BCUT2D eigenvalue weighted by Gasteiger charge is 2.03. The molecule has 108 valence electrons. The zero-order valence-electron chi connectivity index (χ0n) is 12.5. The van der Waals surface area contributed by atoms with E-state index in [0.717, 1.165) is 18.7 Å². The molecule has 0 amide bonds. The van der Waals surface area contributed by atoms with Crippen molar-refractivity contribution in [3.63, 3.8) is 0 Å². The van der Waals surface area contributed by atoms with E-state index in [4.69, 9.17) is 10.00 Å². The van der Waals surface area contributed by atoms with E-state index in [0.29, 0.717) is 12.2 Å². The maximum absolute atomic E-state index is 8.88. The number of nitriles is 1. The summed E-state index contributed by atoms with van der Waals surface area (Å²) in [6, 6.07) is 16.3. The first-order valence-corrected chi connectivity index (χ1v) is 7.00. The Morgan fingerprint density at radius 1 is 1.05 bits per heavy atom. The second-order valence-electron chi connectivity index (χ2n) is 5.06. The van der Waals surface area contributed by atoms with Crippen molar-refractivity contribution in [2.75, 3.05) is 7.11 Å². The fourth-order valence-corrected chi connectivity index (χ4v) is 2.32. The highest BCUT2D eigenvalue weighted by Crippen LogP contribution is 2.12. The van der Waals surface area contributed by atoms with E-state index in [9.17, 15) is 0 Å². The third-order valence-corrected chi connectivity index (χ3v) is 3.52. The average molecular weight is 280 g/mol. The Morgan fingerprint density at radius 3 is 2.43 bits per heavy atom. The van der Waals surface area contributed by atoms with Crippen LogP contribution in [0.15, 0.2) is 42.5 Å². The molecule has 3 heteroatoms. The third kappa shape index (κ3) is 4.16. The first-order valence-electron chi connectivity index (χ1n) is 7.00. The third-order valence-electron chi connectivity index (χ3n) is 3.52. The van der Waals surface area contributed by atoms with Gasteiger partial charge in [0.2, 0.25) is 0 Å². The van der Waals surface area contributed by atoms with Crippen LogP contribution in [0.2, 0.25) is 0 Å². The van der Waals surface area contributed by atoms with Gasteiger partial charge in [0.1, 0.15) is 0 Å². The molecular formula is C18H20N2O. The Bertz CT molecular complexity index is 644. The minimum absolute atomic E-state index is 0.633. The molecule has 3 nitrogen and oxygen atoms in total. The van der Waals surface area contributed by atoms with Gasteiger partial charge in [-0.15, -0.1) is 0 Å². The standard InChI is InChI=1S/C18H20N2O/c1-14-9-15(10-19)7-8-16(14)11-20-12-17-5-3-4-6-18(17)13-21-2/h3-9,20H,11-13H2,1-2H3. The Kier molecular flexibility index (Phi) is 5.51. The molecule has 0 atom stereocenters. The van der Waals surface area contributed by atoms with Gasteiger partial charge in [0.15, 0.2) is 0 Å². The predicted molar refractivity (Wildman–Crippen MR) is 83.6 cm³/mol. The summed E-state index contributed by atoms with van der Waals surface area (Å²) < 4.78 is 5.22. The van der Waals surface area contributed by atoms with Crippen LogP contribution in [0.25, 0.3) is 0 Å². The van der Waals surface area contributed by atoms with Crippen LogP contribution in [0.3, 0.4) is 0 Å². The van der Waals surface area contributed by atoms with Gasteiger partial charge in [-0.2, -0.15) is 5.26 Å². The minimum atomic E-state index is 0.633. The molecule has 0 fully saturated rings. The molecule has 0 heterocycles. The molecule has 0 bridgehead atoms. The number of aryl methyl sites for hydroxylation is 1. The zero-order chi connectivity index (χ0) is 15.1. The molecule has 0 saturated heterocycles. The molecular weight excluding hydrogens is 260 g/mol. The van der Waals surface area contributed by atoms with Crippen LogP contribution in [0.4, 0.5) is 0 Å². The summed E-state index contributed by atoms with van der Waals surface area (Å²) in [7, 11) is 1.71. The quantitative estimate of drug-likeness (QED) is 0.883. The minimum Gasteiger partial charge on any atom is -0.380 e. The van der Waals surface area contributed by atoms with E-state index in [1.807, 2.05) is 37.3 Å². The molecule has 0 aliphatic rings. The van der Waals surface area contributed by atoms with Gasteiger partial charge < -0.3 is 10.1 Å². The van der Waals surface area contributed by atoms with E-state index < -0.39 is 0 Å². The Balaban J connectivity index is 1.97. The van der Waals surface area contributed by atoms with Gasteiger partial charge in [0.05, 0.1) is 18.2 Å². The molecule has 0 aromatic heterocycles. The Hall–Kier alpha value is -2.15. The van der Waals surface area contributed by atoms with Crippen LogP contribution >= 0.6 is 0 Å². The molecule has 2 aromatic carbocycles. The number of hydrogen-bond donors (Lipinski definition) is 1. The van der Waals surface area contributed by atoms with Crippen LogP contribution in [-0.4, -0.2) is 7.11 Å². The molecule has 21 heavy (non-hydrogen) atoms. The van der Waals surface area contributed by atoms with E-state index >= 15 is 0 Å². The molecule has 0 unspecified atom stereocenters. The molecule has 0 radical (unpaired) electrons. The van der Waals surface area contributed by atoms with Crippen molar-refractivity contribution in [2.45, 2.75) is 26.6 Å². The monoisotopic (exact) mass is 280 g/mol. The lowest BCUT2D eigenvalue weighted by Gasteiger charge is -2.11. The molecule has 0 spiro atoms. The van der Waals surface area contributed by atoms with E-state index in [1.165, 1.54) is 16.7 Å². The van der Waals surface area contributed by atoms with Crippen LogP contribution in [0, 0.1) is 18.3 Å². The molecule has 2 aromatic rings. The summed E-state index contributed by atoms with van der Waals surface area (Å²) in [5, 5.41) is 12.3.